The molecule has 1 atom stereocenters. The van der Waals surface area contributed by atoms with Gasteiger partial charge in [0, 0.05) is 73.2 Å². The molecule has 0 spiro atoms. The van der Waals surface area contributed by atoms with E-state index in [9.17, 15) is 4.79 Å². The van der Waals surface area contributed by atoms with E-state index in [-0.39, 0.29) is 11.4 Å². The third kappa shape index (κ3) is 5.62. The fraction of sp³-hybridized carbons (Fsp3) is 0.444. The predicted octanol–water partition coefficient (Wildman–Crippen LogP) is 3.57. The van der Waals surface area contributed by atoms with Crippen molar-refractivity contribution in [3.8, 4) is 5.75 Å². The maximum absolute atomic E-state index is 13.4. The van der Waals surface area contributed by atoms with Crippen LogP contribution in [0.3, 0.4) is 0 Å². The highest BCUT2D eigenvalue weighted by Gasteiger charge is 2.36. The smallest absolute Gasteiger partial charge is 0.257 e. The summed E-state index contributed by atoms with van der Waals surface area (Å²) in [5.74, 6) is 0.0994. The minimum Gasteiger partial charge on any atom is -0.494 e. The van der Waals surface area contributed by atoms with Crippen molar-refractivity contribution in [1.29, 1.82) is 0 Å². The first-order valence-corrected chi connectivity index (χ1v) is 12.2. The summed E-state index contributed by atoms with van der Waals surface area (Å²) < 4.78 is 5.43. The summed E-state index contributed by atoms with van der Waals surface area (Å²) >= 11 is 0. The molecule has 6 N–H and O–H groups in total. The average Bonchev–Trinajstić information content (AvgIpc) is 2.82. The van der Waals surface area contributed by atoms with Crippen molar-refractivity contribution in [2.75, 3.05) is 56.0 Å². The molecule has 1 aliphatic heterocycles. The first-order valence-electron chi connectivity index (χ1n) is 12.2. The van der Waals surface area contributed by atoms with Gasteiger partial charge >= 0.3 is 0 Å². The molecule has 1 heterocycles. The highest BCUT2D eigenvalue weighted by atomic mass is 16.5. The Labute approximate surface area is 214 Å². The number of aliphatic imine (C=N–C) groups is 2. The van der Waals surface area contributed by atoms with E-state index in [0.29, 0.717) is 40.0 Å². The summed E-state index contributed by atoms with van der Waals surface area (Å²) in [4.78, 5) is 24.0. The van der Waals surface area contributed by atoms with Crippen LogP contribution < -0.4 is 31.7 Å². The van der Waals surface area contributed by atoms with Gasteiger partial charge in [0.2, 0.25) is 0 Å². The van der Waals surface area contributed by atoms with Gasteiger partial charge in [-0.25, -0.2) is 0 Å². The highest BCUT2D eigenvalue weighted by Crippen LogP contribution is 2.38. The number of nitrogen functional groups attached to an aromatic ring is 2. The first-order chi connectivity index (χ1) is 17.2. The number of nitrogens with one attached hydrogen (secondary N) is 2. The summed E-state index contributed by atoms with van der Waals surface area (Å²) in [6.07, 6.45) is 5.40. The Morgan fingerprint density at radius 3 is 2.56 bits per heavy atom. The monoisotopic (exact) mass is 493 g/mol. The van der Waals surface area contributed by atoms with Crippen LogP contribution in [-0.2, 0) is 0 Å². The Balaban J connectivity index is 1.97. The Hall–Kier alpha value is -3.59. The van der Waals surface area contributed by atoms with Crippen LogP contribution in [0.15, 0.2) is 34.3 Å². The molecule has 0 aromatic heterocycles. The number of rotatable bonds is 8. The quantitative estimate of drug-likeness (QED) is 0.329. The molecule has 1 unspecified atom stereocenters. The molecule has 0 aliphatic carbocycles. The number of nitrogens with zero attached hydrogens (tertiary/aromatic N) is 3. The number of hydrogen-bond acceptors (Lipinski definition) is 8. The summed E-state index contributed by atoms with van der Waals surface area (Å²) in [5, 5.41) is 6.50. The van der Waals surface area contributed by atoms with Crippen LogP contribution in [0.1, 0.15) is 55.1 Å². The SMILES string of the molecule is CCNC1CCN(c2ccc(C(=O)Nc3cc(C=NC)c(N)cc3OC)c(N)c2C=NC)C(C)(C)C1. The summed E-state index contributed by atoms with van der Waals surface area (Å²) in [6, 6.07) is 7.61. The van der Waals surface area contributed by atoms with Crippen LogP contribution in [0.4, 0.5) is 22.7 Å². The van der Waals surface area contributed by atoms with Crippen molar-refractivity contribution in [2.24, 2.45) is 9.98 Å². The van der Waals surface area contributed by atoms with Crippen LogP contribution in [-0.4, -0.2) is 64.2 Å². The number of hydrogen-bond donors (Lipinski definition) is 4. The van der Waals surface area contributed by atoms with Crippen molar-refractivity contribution in [1.82, 2.24) is 5.32 Å². The number of methoxy groups -OCH3 is 1. The number of piperidine rings is 1. The standard InChI is InChI=1S/C27H39N7O2/c1-7-32-18-10-11-34(27(2,3)14-18)23-9-8-19(25(29)20(23)16-31-5)26(35)33-22-12-17(15-30-4)21(28)13-24(22)36-6/h8-9,12-13,15-16,18,32H,7,10-11,14,28-29H2,1-6H3,(H,33,35). The van der Waals surface area contributed by atoms with Gasteiger partial charge in [-0.2, -0.15) is 0 Å². The number of nitrogens with two attached hydrogens (primary N) is 2. The maximum Gasteiger partial charge on any atom is 0.257 e. The fourth-order valence-electron chi connectivity index (χ4n) is 4.95. The van der Waals surface area contributed by atoms with Gasteiger partial charge < -0.3 is 31.7 Å². The van der Waals surface area contributed by atoms with Crippen LogP contribution in [0.25, 0.3) is 0 Å². The van der Waals surface area contributed by atoms with E-state index in [1.807, 2.05) is 6.07 Å². The number of amides is 1. The molecule has 0 bridgehead atoms. The molecule has 1 fully saturated rings. The van der Waals surface area contributed by atoms with Gasteiger partial charge in [0.15, 0.2) is 0 Å². The van der Waals surface area contributed by atoms with E-state index in [2.05, 4.69) is 46.3 Å². The Morgan fingerprint density at radius 2 is 1.94 bits per heavy atom. The third-order valence-corrected chi connectivity index (χ3v) is 6.65. The molecule has 36 heavy (non-hydrogen) atoms. The van der Waals surface area contributed by atoms with Gasteiger partial charge in [-0.05, 0) is 51.4 Å². The van der Waals surface area contributed by atoms with Gasteiger partial charge in [-0.15, -0.1) is 0 Å². The number of ether oxygens (including phenoxy) is 1. The van der Waals surface area contributed by atoms with Gasteiger partial charge in [-0.1, -0.05) is 6.92 Å². The molecular formula is C27H39N7O2. The summed E-state index contributed by atoms with van der Waals surface area (Å²) in [7, 11) is 4.89. The third-order valence-electron chi connectivity index (χ3n) is 6.65. The molecule has 1 amide bonds. The normalized spacial score (nSPS) is 17.6. The van der Waals surface area contributed by atoms with Crippen molar-refractivity contribution in [2.45, 2.75) is 45.2 Å². The lowest BCUT2D eigenvalue weighted by Gasteiger charge is -2.48. The molecule has 2 aromatic carbocycles. The predicted molar refractivity (Wildman–Crippen MR) is 151 cm³/mol. The first kappa shape index (κ1) is 27.0. The lowest BCUT2D eigenvalue weighted by molar-refractivity contribution is 0.102. The minimum atomic E-state index is -0.350. The van der Waals surface area contributed by atoms with E-state index in [1.54, 1.807) is 44.7 Å². The lowest BCUT2D eigenvalue weighted by atomic mass is 9.85. The number of carbonyl (C=O) groups excluding carboxylic acids is 1. The minimum absolute atomic E-state index is 0.0911. The molecule has 3 rings (SSSR count). The summed E-state index contributed by atoms with van der Waals surface area (Å²) in [6.45, 7) is 8.45. The molecular weight excluding hydrogens is 454 g/mol. The molecule has 9 nitrogen and oxygen atoms in total. The van der Waals surface area contributed by atoms with Gasteiger partial charge in [-0.3, -0.25) is 14.8 Å². The Kier molecular flexibility index (Phi) is 8.57. The Bertz CT molecular complexity index is 1160. The maximum atomic E-state index is 13.4. The van der Waals surface area contributed by atoms with Crippen LogP contribution in [0, 0.1) is 0 Å². The number of anilines is 4. The van der Waals surface area contributed by atoms with Crippen molar-refractivity contribution < 1.29 is 9.53 Å². The second-order valence-electron chi connectivity index (χ2n) is 9.58. The zero-order valence-electron chi connectivity index (χ0n) is 22.2. The zero-order chi connectivity index (χ0) is 26.5. The van der Waals surface area contributed by atoms with Crippen molar-refractivity contribution >= 4 is 41.1 Å². The molecule has 0 radical (unpaired) electrons. The van der Waals surface area contributed by atoms with Crippen LogP contribution in [0.5, 0.6) is 5.75 Å². The summed E-state index contributed by atoms with van der Waals surface area (Å²) in [5.41, 5.74) is 16.7. The van der Waals surface area contributed by atoms with Crippen molar-refractivity contribution in [3.63, 3.8) is 0 Å². The van der Waals surface area contributed by atoms with E-state index >= 15 is 0 Å². The second-order valence-corrected chi connectivity index (χ2v) is 9.58. The van der Waals surface area contributed by atoms with E-state index in [0.717, 1.165) is 37.2 Å². The fourth-order valence-corrected chi connectivity index (χ4v) is 4.95. The molecule has 2 aromatic rings. The van der Waals surface area contributed by atoms with E-state index < -0.39 is 0 Å². The molecule has 194 valence electrons. The van der Waals surface area contributed by atoms with Crippen LogP contribution in [0.2, 0.25) is 0 Å². The van der Waals surface area contributed by atoms with Gasteiger partial charge in [0.05, 0.1) is 24.0 Å². The molecule has 9 heteroatoms. The Morgan fingerprint density at radius 1 is 1.22 bits per heavy atom. The highest BCUT2D eigenvalue weighted by molar-refractivity contribution is 6.12. The molecule has 1 aliphatic rings. The second kappa shape index (κ2) is 11.4. The van der Waals surface area contributed by atoms with Crippen LogP contribution >= 0.6 is 0 Å². The lowest BCUT2D eigenvalue weighted by Crippen LogP contribution is -2.55. The number of benzene rings is 2. The van der Waals surface area contributed by atoms with E-state index in [4.69, 9.17) is 16.2 Å². The number of carbonyl (C=O) groups is 1. The zero-order valence-corrected chi connectivity index (χ0v) is 22.2. The van der Waals surface area contributed by atoms with Gasteiger partial charge in [0.25, 0.3) is 5.91 Å². The van der Waals surface area contributed by atoms with Crippen molar-refractivity contribution in [3.05, 3.63) is 41.0 Å². The van der Waals surface area contributed by atoms with E-state index in [1.165, 1.54) is 7.11 Å². The van der Waals surface area contributed by atoms with Gasteiger partial charge in [0.1, 0.15) is 5.75 Å². The average molecular weight is 494 g/mol. The topological polar surface area (TPSA) is 130 Å². The molecule has 0 saturated carbocycles. The molecule has 1 saturated heterocycles. The largest absolute Gasteiger partial charge is 0.494 e.